The molecule has 0 heterocycles. The number of Topliss-reactive ketones (excluding diaryl/α,β-unsaturated/α-hetero) is 1. The van der Waals surface area contributed by atoms with Gasteiger partial charge in [0.25, 0.3) is 0 Å². The van der Waals surface area contributed by atoms with E-state index in [0.717, 1.165) is 5.75 Å². The molecule has 19 heavy (non-hydrogen) atoms. The van der Waals surface area contributed by atoms with Gasteiger partial charge in [0.1, 0.15) is 6.42 Å². The number of thioether (sulfide) groups is 1. The Kier molecular flexibility index (Phi) is 6.64. The molecule has 0 amide bonds. The van der Waals surface area contributed by atoms with Crippen LogP contribution in [0.25, 0.3) is 0 Å². The zero-order chi connectivity index (χ0) is 14.3. The maximum absolute atomic E-state index is 11.5. The highest BCUT2D eigenvalue weighted by molar-refractivity contribution is 7.99. The van der Waals surface area contributed by atoms with Crippen LogP contribution < -0.4 is 0 Å². The fourth-order valence-electron chi connectivity index (χ4n) is 1.86. The van der Waals surface area contributed by atoms with Gasteiger partial charge in [-0.1, -0.05) is 29.3 Å². The lowest BCUT2D eigenvalue weighted by Crippen LogP contribution is -2.12. The lowest BCUT2D eigenvalue weighted by molar-refractivity contribution is -0.145. The van der Waals surface area contributed by atoms with Crippen LogP contribution in [0.15, 0.2) is 18.2 Å². The van der Waals surface area contributed by atoms with Crippen molar-refractivity contribution in [1.82, 2.24) is 0 Å². The first-order valence-corrected chi connectivity index (χ1v) is 7.49. The van der Waals surface area contributed by atoms with Crippen molar-refractivity contribution < 1.29 is 14.3 Å². The molecule has 1 aromatic rings. The van der Waals surface area contributed by atoms with Crippen molar-refractivity contribution in [3.05, 3.63) is 34.9 Å². The molecule has 104 valence electrons. The molecule has 0 fully saturated rings. The number of benzene rings is 1. The summed E-state index contributed by atoms with van der Waals surface area (Å²) < 4.78 is 4.74. The largest absolute Gasteiger partial charge is 0.466 e. The summed E-state index contributed by atoms with van der Waals surface area (Å²) in [6.45, 7) is 6.18. The second kappa shape index (κ2) is 8.00. The monoisotopic (exact) mass is 280 g/mol. The van der Waals surface area contributed by atoms with Gasteiger partial charge in [0.05, 0.1) is 12.4 Å². The van der Waals surface area contributed by atoms with Crippen LogP contribution in [-0.4, -0.2) is 24.1 Å². The molecular weight excluding hydrogens is 260 g/mol. The molecule has 0 aliphatic rings. The molecule has 0 saturated carbocycles. The van der Waals surface area contributed by atoms with E-state index in [1.165, 1.54) is 28.5 Å². The Morgan fingerprint density at radius 1 is 1.16 bits per heavy atom. The van der Waals surface area contributed by atoms with Crippen LogP contribution in [0.4, 0.5) is 0 Å². The minimum absolute atomic E-state index is 0.0761. The summed E-state index contributed by atoms with van der Waals surface area (Å²) in [5, 5.41) is 0. The van der Waals surface area contributed by atoms with E-state index in [4.69, 9.17) is 4.74 Å². The Hall–Kier alpha value is -1.29. The topological polar surface area (TPSA) is 43.4 Å². The predicted molar refractivity (Wildman–Crippen MR) is 78.3 cm³/mol. The molecule has 4 heteroatoms. The number of hydrogen-bond donors (Lipinski definition) is 0. The molecule has 0 aliphatic carbocycles. The summed E-state index contributed by atoms with van der Waals surface area (Å²) in [6, 6.07) is 6.37. The number of carbonyl (C=O) groups is 2. The first kappa shape index (κ1) is 15.8. The van der Waals surface area contributed by atoms with Crippen LogP contribution in [0, 0.1) is 13.8 Å². The predicted octanol–water partition coefficient (Wildman–Crippen LogP) is 3.06. The smallest absolute Gasteiger partial charge is 0.313 e. The minimum atomic E-state index is -0.431. The molecule has 0 saturated heterocycles. The Labute approximate surface area is 118 Å². The quantitative estimate of drug-likeness (QED) is 0.569. The molecular formula is C15H20O3S. The van der Waals surface area contributed by atoms with Gasteiger partial charge in [0.15, 0.2) is 5.78 Å². The second-order valence-electron chi connectivity index (χ2n) is 4.51. The maximum atomic E-state index is 11.5. The van der Waals surface area contributed by atoms with E-state index in [9.17, 15) is 9.59 Å². The average Bonchev–Trinajstić information content (AvgIpc) is 2.27. The van der Waals surface area contributed by atoms with Gasteiger partial charge in [0.2, 0.25) is 0 Å². The molecule has 0 spiro atoms. The SMILES string of the molecule is CCOC(=O)CC(=O)CSCc1cc(C)cc(C)c1. The summed E-state index contributed by atoms with van der Waals surface area (Å²) in [5.74, 6) is 0.635. The number of ether oxygens (including phenoxy) is 1. The fourth-order valence-corrected chi connectivity index (χ4v) is 2.69. The van der Waals surface area contributed by atoms with Crippen LogP contribution in [0.5, 0.6) is 0 Å². The highest BCUT2D eigenvalue weighted by Crippen LogP contribution is 2.16. The highest BCUT2D eigenvalue weighted by Gasteiger charge is 2.10. The van der Waals surface area contributed by atoms with Crippen molar-refractivity contribution in [2.24, 2.45) is 0 Å². The third-order valence-electron chi connectivity index (χ3n) is 2.46. The Morgan fingerprint density at radius 3 is 2.37 bits per heavy atom. The van der Waals surface area contributed by atoms with Gasteiger partial charge in [-0.3, -0.25) is 9.59 Å². The van der Waals surface area contributed by atoms with E-state index < -0.39 is 5.97 Å². The third kappa shape index (κ3) is 6.43. The van der Waals surface area contributed by atoms with Crippen molar-refractivity contribution >= 4 is 23.5 Å². The van der Waals surface area contributed by atoms with E-state index in [2.05, 4.69) is 32.0 Å². The van der Waals surface area contributed by atoms with Crippen molar-refractivity contribution in [3.8, 4) is 0 Å². The Balaban J connectivity index is 2.33. The summed E-state index contributed by atoms with van der Waals surface area (Å²) in [4.78, 5) is 22.7. The van der Waals surface area contributed by atoms with Crippen LogP contribution in [0.2, 0.25) is 0 Å². The molecule has 3 nitrogen and oxygen atoms in total. The minimum Gasteiger partial charge on any atom is -0.466 e. The van der Waals surface area contributed by atoms with Crippen LogP contribution in [0.3, 0.4) is 0 Å². The summed E-state index contributed by atoms with van der Waals surface area (Å²) in [7, 11) is 0. The van der Waals surface area contributed by atoms with E-state index in [1.54, 1.807) is 6.92 Å². The van der Waals surface area contributed by atoms with Crippen LogP contribution >= 0.6 is 11.8 Å². The van der Waals surface area contributed by atoms with Gasteiger partial charge >= 0.3 is 5.97 Å². The lowest BCUT2D eigenvalue weighted by atomic mass is 10.1. The molecule has 0 atom stereocenters. The molecule has 0 N–H and O–H groups in total. The third-order valence-corrected chi connectivity index (χ3v) is 3.52. The van der Waals surface area contributed by atoms with Crippen molar-refractivity contribution in [2.45, 2.75) is 32.9 Å². The van der Waals surface area contributed by atoms with Gasteiger partial charge in [-0.25, -0.2) is 0 Å². The number of rotatable bonds is 7. The zero-order valence-corrected chi connectivity index (χ0v) is 12.5. The first-order chi connectivity index (χ1) is 9.01. The molecule has 1 rings (SSSR count). The van der Waals surface area contributed by atoms with Crippen LogP contribution in [-0.2, 0) is 20.1 Å². The number of carbonyl (C=O) groups excluding carboxylic acids is 2. The lowest BCUT2D eigenvalue weighted by Gasteiger charge is -2.05. The van der Waals surface area contributed by atoms with Gasteiger partial charge in [-0.2, -0.15) is 0 Å². The van der Waals surface area contributed by atoms with Gasteiger partial charge < -0.3 is 4.74 Å². The van der Waals surface area contributed by atoms with E-state index in [0.29, 0.717) is 12.4 Å². The van der Waals surface area contributed by atoms with Gasteiger partial charge in [0, 0.05) is 5.75 Å². The summed E-state index contributed by atoms with van der Waals surface area (Å²) >= 11 is 1.53. The number of ketones is 1. The van der Waals surface area contributed by atoms with E-state index in [1.807, 2.05) is 0 Å². The molecule has 0 aromatic heterocycles. The zero-order valence-electron chi connectivity index (χ0n) is 11.7. The van der Waals surface area contributed by atoms with Gasteiger partial charge in [-0.05, 0) is 26.3 Å². The van der Waals surface area contributed by atoms with Crippen LogP contribution in [0.1, 0.15) is 30.0 Å². The maximum Gasteiger partial charge on any atom is 0.313 e. The first-order valence-electron chi connectivity index (χ1n) is 6.33. The summed E-state index contributed by atoms with van der Waals surface area (Å²) in [5.41, 5.74) is 3.67. The van der Waals surface area contributed by atoms with Crippen molar-refractivity contribution in [3.63, 3.8) is 0 Å². The Morgan fingerprint density at radius 2 is 1.79 bits per heavy atom. The Bertz CT molecular complexity index is 434. The average molecular weight is 280 g/mol. The molecule has 0 bridgehead atoms. The molecule has 0 radical (unpaired) electrons. The number of aryl methyl sites for hydroxylation is 2. The van der Waals surface area contributed by atoms with Crippen molar-refractivity contribution in [2.75, 3.05) is 12.4 Å². The second-order valence-corrected chi connectivity index (χ2v) is 5.49. The standard InChI is InChI=1S/C15H20O3S/c1-4-18-15(17)8-14(16)10-19-9-13-6-11(2)5-12(3)7-13/h5-7H,4,8-10H2,1-3H3. The summed E-state index contributed by atoms with van der Waals surface area (Å²) in [6.07, 6.45) is -0.117. The fraction of sp³-hybridized carbons (Fsp3) is 0.467. The molecule has 0 aliphatic heterocycles. The molecule has 0 unspecified atom stereocenters. The normalized spacial score (nSPS) is 10.3. The van der Waals surface area contributed by atoms with E-state index >= 15 is 0 Å². The highest BCUT2D eigenvalue weighted by atomic mass is 32.2. The van der Waals surface area contributed by atoms with E-state index in [-0.39, 0.29) is 12.2 Å². The number of hydrogen-bond acceptors (Lipinski definition) is 4. The number of esters is 1. The molecule has 1 aromatic carbocycles. The van der Waals surface area contributed by atoms with Crippen molar-refractivity contribution in [1.29, 1.82) is 0 Å². The van der Waals surface area contributed by atoms with Gasteiger partial charge in [-0.15, -0.1) is 11.8 Å².